The van der Waals surface area contributed by atoms with E-state index in [0.717, 1.165) is 25.0 Å². The minimum atomic E-state index is -0.578. The van der Waals surface area contributed by atoms with E-state index in [4.69, 9.17) is 9.47 Å². The smallest absolute Gasteiger partial charge is 0.411 e. The number of nitrogens with zero attached hydrogens (tertiary/aromatic N) is 4. The number of carbonyl (C=O) groups is 1. The third kappa shape index (κ3) is 5.01. The summed E-state index contributed by atoms with van der Waals surface area (Å²) in [7, 11) is 1.72. The summed E-state index contributed by atoms with van der Waals surface area (Å²) in [6, 6.07) is 1.66. The van der Waals surface area contributed by atoms with E-state index in [1.807, 2.05) is 20.8 Å². The van der Waals surface area contributed by atoms with Gasteiger partial charge in [0.25, 0.3) is 5.56 Å². The molecule has 3 aromatic heterocycles. The molecular formula is C21H28N6O4. The van der Waals surface area contributed by atoms with Crippen LogP contribution in [0.5, 0.6) is 5.88 Å². The lowest BCUT2D eigenvalue weighted by molar-refractivity contribution is 0.161. The van der Waals surface area contributed by atoms with E-state index >= 15 is 0 Å². The van der Waals surface area contributed by atoms with E-state index in [-0.39, 0.29) is 5.56 Å². The standard InChI is InChI=1S/C21H28N6O4/c1-5-8-15-16-17(27(4)26-15)19(28)25-18(24-16)14-11-13(23-21(29)31-10-7-3)12-22-20(14)30-9-6-2/h11-12H,5-10H2,1-4H3,(H,23,29)(H,24,25,28). The molecule has 10 heteroatoms. The normalized spacial score (nSPS) is 11.0. The zero-order valence-electron chi connectivity index (χ0n) is 18.3. The number of hydrogen-bond donors (Lipinski definition) is 2. The SMILES string of the molecule is CCCOC(=O)Nc1cnc(OCCC)c(-c2nc3c(CCC)nn(C)c3c(=O)[nH]2)c1. The Kier molecular flexibility index (Phi) is 7.22. The van der Waals surface area contributed by atoms with Crippen molar-refractivity contribution in [2.24, 2.45) is 7.05 Å². The fourth-order valence-corrected chi connectivity index (χ4v) is 3.13. The van der Waals surface area contributed by atoms with Crippen LogP contribution in [0.1, 0.15) is 45.7 Å². The van der Waals surface area contributed by atoms with Gasteiger partial charge in [-0.3, -0.25) is 14.8 Å². The number of anilines is 1. The van der Waals surface area contributed by atoms with Crippen LogP contribution in [0.15, 0.2) is 17.1 Å². The van der Waals surface area contributed by atoms with Crippen molar-refractivity contribution in [1.29, 1.82) is 0 Å². The Balaban J connectivity index is 2.08. The van der Waals surface area contributed by atoms with Crippen molar-refractivity contribution in [3.05, 3.63) is 28.3 Å². The first-order valence-electron chi connectivity index (χ1n) is 10.5. The maximum absolute atomic E-state index is 12.8. The lowest BCUT2D eigenvalue weighted by atomic mass is 10.2. The van der Waals surface area contributed by atoms with Crippen molar-refractivity contribution in [3.8, 4) is 17.3 Å². The molecule has 0 spiro atoms. The number of carbonyl (C=O) groups excluding carboxylic acids is 1. The molecule has 0 aliphatic rings. The lowest BCUT2D eigenvalue weighted by Gasteiger charge is -2.12. The second-order valence-electron chi connectivity index (χ2n) is 7.12. The third-order valence-corrected chi connectivity index (χ3v) is 4.48. The number of aromatic nitrogens is 5. The van der Waals surface area contributed by atoms with Gasteiger partial charge in [0.2, 0.25) is 5.88 Å². The van der Waals surface area contributed by atoms with Gasteiger partial charge in [0.1, 0.15) is 11.3 Å². The molecule has 1 amide bonds. The number of amides is 1. The molecule has 0 aliphatic carbocycles. The Labute approximate surface area is 180 Å². The second-order valence-corrected chi connectivity index (χ2v) is 7.12. The summed E-state index contributed by atoms with van der Waals surface area (Å²) in [6.45, 7) is 6.71. The van der Waals surface area contributed by atoms with Gasteiger partial charge in [0.05, 0.1) is 36.4 Å². The van der Waals surface area contributed by atoms with Crippen molar-refractivity contribution < 1.29 is 14.3 Å². The topological polar surface area (TPSA) is 124 Å². The minimum absolute atomic E-state index is 0.298. The van der Waals surface area contributed by atoms with Gasteiger partial charge >= 0.3 is 6.09 Å². The van der Waals surface area contributed by atoms with Gasteiger partial charge < -0.3 is 14.5 Å². The van der Waals surface area contributed by atoms with Crippen molar-refractivity contribution in [2.45, 2.75) is 46.5 Å². The number of aryl methyl sites for hydroxylation is 2. The molecule has 0 aromatic carbocycles. The van der Waals surface area contributed by atoms with Gasteiger partial charge in [-0.1, -0.05) is 27.2 Å². The Morgan fingerprint density at radius 3 is 2.68 bits per heavy atom. The molecule has 0 unspecified atom stereocenters. The van der Waals surface area contributed by atoms with Crippen LogP contribution in [0, 0.1) is 0 Å². The lowest BCUT2D eigenvalue weighted by Crippen LogP contribution is -2.15. The highest BCUT2D eigenvalue weighted by atomic mass is 16.5. The van der Waals surface area contributed by atoms with Crippen LogP contribution in [0.25, 0.3) is 22.4 Å². The van der Waals surface area contributed by atoms with Crippen LogP contribution in [-0.2, 0) is 18.2 Å². The van der Waals surface area contributed by atoms with Crippen molar-refractivity contribution >= 4 is 22.8 Å². The molecule has 31 heavy (non-hydrogen) atoms. The summed E-state index contributed by atoms with van der Waals surface area (Å²) >= 11 is 0. The van der Waals surface area contributed by atoms with E-state index in [0.29, 0.717) is 53.6 Å². The highest BCUT2D eigenvalue weighted by Crippen LogP contribution is 2.29. The number of nitrogens with one attached hydrogen (secondary N) is 2. The predicted molar refractivity (Wildman–Crippen MR) is 117 cm³/mol. The van der Waals surface area contributed by atoms with Crippen molar-refractivity contribution in [2.75, 3.05) is 18.5 Å². The highest BCUT2D eigenvalue weighted by molar-refractivity contribution is 5.86. The molecule has 0 atom stereocenters. The van der Waals surface area contributed by atoms with Crippen molar-refractivity contribution in [1.82, 2.24) is 24.7 Å². The molecule has 3 aromatic rings. The summed E-state index contributed by atoms with van der Waals surface area (Å²) in [5.74, 6) is 0.616. The fraction of sp³-hybridized carbons (Fsp3) is 0.476. The van der Waals surface area contributed by atoms with E-state index in [2.05, 4.69) is 25.4 Å². The first-order valence-corrected chi connectivity index (χ1v) is 10.5. The van der Waals surface area contributed by atoms with Gasteiger partial charge in [0, 0.05) is 7.05 Å². The van der Waals surface area contributed by atoms with Gasteiger partial charge in [0.15, 0.2) is 5.52 Å². The molecule has 0 saturated carbocycles. The van der Waals surface area contributed by atoms with E-state index < -0.39 is 6.09 Å². The first kappa shape index (κ1) is 22.3. The van der Waals surface area contributed by atoms with Gasteiger partial charge in [-0.25, -0.2) is 14.8 Å². The van der Waals surface area contributed by atoms with Crippen LogP contribution in [0.2, 0.25) is 0 Å². The molecule has 0 bridgehead atoms. The van der Waals surface area contributed by atoms with E-state index in [1.54, 1.807) is 17.8 Å². The number of aromatic amines is 1. The molecule has 0 saturated heterocycles. The number of hydrogen-bond acceptors (Lipinski definition) is 7. The Morgan fingerprint density at radius 2 is 1.97 bits per heavy atom. The zero-order chi connectivity index (χ0) is 22.4. The number of ether oxygens (including phenoxy) is 2. The summed E-state index contributed by atoms with van der Waals surface area (Å²) in [6.07, 6.45) is 3.99. The number of fused-ring (bicyclic) bond motifs is 1. The first-order chi connectivity index (χ1) is 15.0. The number of H-pyrrole nitrogens is 1. The van der Waals surface area contributed by atoms with Crippen LogP contribution in [0.4, 0.5) is 10.5 Å². The average Bonchev–Trinajstić information content (AvgIpc) is 3.07. The molecule has 0 radical (unpaired) electrons. The Hall–Kier alpha value is -3.43. The maximum Gasteiger partial charge on any atom is 0.411 e. The largest absolute Gasteiger partial charge is 0.477 e. The van der Waals surface area contributed by atoms with Gasteiger partial charge in [-0.05, 0) is 25.3 Å². The monoisotopic (exact) mass is 428 g/mol. The van der Waals surface area contributed by atoms with Crippen LogP contribution >= 0.6 is 0 Å². The number of pyridine rings is 1. The second kappa shape index (κ2) is 10.1. The summed E-state index contributed by atoms with van der Waals surface area (Å²) in [5.41, 5.74) is 2.28. The minimum Gasteiger partial charge on any atom is -0.477 e. The molecule has 0 fully saturated rings. The van der Waals surface area contributed by atoms with Gasteiger partial charge in [-0.2, -0.15) is 5.10 Å². The maximum atomic E-state index is 12.8. The summed E-state index contributed by atoms with van der Waals surface area (Å²) in [4.78, 5) is 36.6. The van der Waals surface area contributed by atoms with Crippen LogP contribution in [-0.4, -0.2) is 44.0 Å². The van der Waals surface area contributed by atoms with Gasteiger partial charge in [-0.15, -0.1) is 0 Å². The van der Waals surface area contributed by atoms with Crippen LogP contribution in [0.3, 0.4) is 0 Å². The third-order valence-electron chi connectivity index (χ3n) is 4.48. The predicted octanol–water partition coefficient (Wildman–Crippen LogP) is 3.42. The number of rotatable bonds is 9. The Morgan fingerprint density at radius 1 is 1.19 bits per heavy atom. The van der Waals surface area contributed by atoms with E-state index in [9.17, 15) is 9.59 Å². The molecule has 10 nitrogen and oxygen atoms in total. The van der Waals surface area contributed by atoms with Crippen LogP contribution < -0.4 is 15.6 Å². The summed E-state index contributed by atoms with van der Waals surface area (Å²) in [5, 5.41) is 7.09. The van der Waals surface area contributed by atoms with Crippen molar-refractivity contribution in [3.63, 3.8) is 0 Å². The quantitative estimate of drug-likeness (QED) is 0.535. The molecule has 3 rings (SSSR count). The molecule has 2 N–H and O–H groups in total. The highest BCUT2D eigenvalue weighted by Gasteiger charge is 2.19. The average molecular weight is 428 g/mol. The zero-order valence-corrected chi connectivity index (χ0v) is 18.3. The Bertz CT molecular complexity index is 1120. The molecular weight excluding hydrogens is 400 g/mol. The van der Waals surface area contributed by atoms with E-state index in [1.165, 1.54) is 6.20 Å². The molecule has 0 aliphatic heterocycles. The summed E-state index contributed by atoms with van der Waals surface area (Å²) < 4.78 is 12.4. The fourth-order valence-electron chi connectivity index (χ4n) is 3.13. The molecule has 166 valence electrons. The molecule has 3 heterocycles.